The van der Waals surface area contributed by atoms with Crippen molar-refractivity contribution in [2.24, 2.45) is 0 Å². The number of aryl methyl sites for hydroxylation is 2. The van der Waals surface area contributed by atoms with Crippen molar-refractivity contribution >= 4 is 11.1 Å². The van der Waals surface area contributed by atoms with Gasteiger partial charge in [0.25, 0.3) is 0 Å². The van der Waals surface area contributed by atoms with Gasteiger partial charge in [0.1, 0.15) is 4.90 Å². The lowest BCUT2D eigenvalue weighted by molar-refractivity contribution is 0.516. The van der Waals surface area contributed by atoms with E-state index in [2.05, 4.69) is 12.0 Å². The van der Waals surface area contributed by atoms with Crippen molar-refractivity contribution in [1.29, 1.82) is 0 Å². The summed E-state index contributed by atoms with van der Waals surface area (Å²) in [7, 11) is 0. The molecular weight excluding hydrogens is 248 g/mol. The first-order valence-electron chi connectivity index (χ1n) is 6.72. The normalized spacial score (nSPS) is 12.9. The van der Waals surface area contributed by atoms with Crippen LogP contribution in [0, 0.1) is 13.8 Å². The lowest BCUT2D eigenvalue weighted by Gasteiger charge is -2.04. The minimum absolute atomic E-state index is 0.473. The number of rotatable bonds is 8. The number of unbranched alkanes of at least 4 members (excludes halogenated alkanes) is 5. The Morgan fingerprint density at radius 3 is 2.33 bits per heavy atom. The summed E-state index contributed by atoms with van der Waals surface area (Å²) < 4.78 is 22.2. The van der Waals surface area contributed by atoms with E-state index in [-0.39, 0.29) is 0 Å². The second-order valence-corrected chi connectivity index (χ2v) is 5.65. The SMILES string of the molecule is CCCCCCCCn1nc(C)c(S(=O)O)c1C. The summed E-state index contributed by atoms with van der Waals surface area (Å²) in [6.07, 6.45) is 7.45. The Morgan fingerprint density at radius 2 is 1.78 bits per heavy atom. The number of aromatic nitrogens is 2. The van der Waals surface area contributed by atoms with Crippen LogP contribution < -0.4 is 0 Å². The molecule has 0 amide bonds. The van der Waals surface area contributed by atoms with Gasteiger partial charge in [0, 0.05) is 6.54 Å². The van der Waals surface area contributed by atoms with Crippen molar-refractivity contribution in [3.63, 3.8) is 0 Å². The largest absolute Gasteiger partial charge is 0.302 e. The van der Waals surface area contributed by atoms with E-state index < -0.39 is 11.1 Å². The van der Waals surface area contributed by atoms with Crippen LogP contribution in [0.4, 0.5) is 0 Å². The molecule has 0 aliphatic carbocycles. The van der Waals surface area contributed by atoms with Crippen molar-refractivity contribution in [3.05, 3.63) is 11.4 Å². The van der Waals surface area contributed by atoms with Crippen molar-refractivity contribution in [1.82, 2.24) is 9.78 Å². The molecule has 0 aromatic carbocycles. The van der Waals surface area contributed by atoms with E-state index in [1.165, 1.54) is 32.1 Å². The number of nitrogens with zero attached hydrogens (tertiary/aromatic N) is 2. The van der Waals surface area contributed by atoms with Crippen molar-refractivity contribution in [3.8, 4) is 0 Å². The highest BCUT2D eigenvalue weighted by molar-refractivity contribution is 7.79. The maximum absolute atomic E-state index is 11.2. The summed E-state index contributed by atoms with van der Waals surface area (Å²) in [6.45, 7) is 6.71. The third-order valence-electron chi connectivity index (χ3n) is 3.21. The van der Waals surface area contributed by atoms with Gasteiger partial charge in [-0.1, -0.05) is 39.0 Å². The van der Waals surface area contributed by atoms with E-state index in [9.17, 15) is 8.76 Å². The summed E-state index contributed by atoms with van der Waals surface area (Å²) >= 11 is -1.93. The van der Waals surface area contributed by atoms with E-state index in [0.29, 0.717) is 10.6 Å². The fourth-order valence-corrected chi connectivity index (χ4v) is 2.84. The van der Waals surface area contributed by atoms with Crippen LogP contribution in [0.15, 0.2) is 4.90 Å². The molecule has 1 aromatic rings. The number of hydrogen-bond acceptors (Lipinski definition) is 2. The first kappa shape index (κ1) is 15.4. The molecule has 18 heavy (non-hydrogen) atoms. The smallest absolute Gasteiger partial charge is 0.190 e. The highest BCUT2D eigenvalue weighted by Crippen LogP contribution is 2.17. The Morgan fingerprint density at radius 1 is 1.17 bits per heavy atom. The second-order valence-electron chi connectivity index (χ2n) is 4.74. The van der Waals surface area contributed by atoms with Crippen LogP contribution in [0.3, 0.4) is 0 Å². The minimum Gasteiger partial charge on any atom is -0.302 e. The predicted molar refractivity (Wildman–Crippen MR) is 74.1 cm³/mol. The molecular formula is C13H24N2O2S. The lowest BCUT2D eigenvalue weighted by Crippen LogP contribution is -2.03. The Labute approximate surface area is 112 Å². The van der Waals surface area contributed by atoms with Gasteiger partial charge in [0.2, 0.25) is 0 Å². The van der Waals surface area contributed by atoms with Crippen LogP contribution in [0.1, 0.15) is 56.8 Å². The maximum Gasteiger partial charge on any atom is 0.190 e. The predicted octanol–water partition coefficient (Wildman–Crippen LogP) is 3.44. The van der Waals surface area contributed by atoms with E-state index in [0.717, 1.165) is 18.7 Å². The monoisotopic (exact) mass is 272 g/mol. The molecule has 0 spiro atoms. The van der Waals surface area contributed by atoms with E-state index in [1.54, 1.807) is 6.92 Å². The summed E-state index contributed by atoms with van der Waals surface area (Å²) in [5.74, 6) is 0. The van der Waals surface area contributed by atoms with E-state index >= 15 is 0 Å². The summed E-state index contributed by atoms with van der Waals surface area (Å²) in [5.41, 5.74) is 1.49. The van der Waals surface area contributed by atoms with Gasteiger partial charge in [-0.15, -0.1) is 0 Å². The molecule has 4 nitrogen and oxygen atoms in total. The lowest BCUT2D eigenvalue weighted by atomic mass is 10.1. The van der Waals surface area contributed by atoms with Gasteiger partial charge in [0.05, 0.1) is 11.4 Å². The fourth-order valence-electron chi connectivity index (χ4n) is 2.19. The number of hydrogen-bond donors (Lipinski definition) is 1. The van der Waals surface area contributed by atoms with Crippen LogP contribution in [0.2, 0.25) is 0 Å². The molecule has 1 aromatic heterocycles. The topological polar surface area (TPSA) is 55.1 Å². The molecule has 1 unspecified atom stereocenters. The Kier molecular flexibility index (Phi) is 6.57. The first-order chi connectivity index (χ1) is 8.57. The summed E-state index contributed by atoms with van der Waals surface area (Å²) in [4.78, 5) is 0.473. The first-order valence-corrected chi connectivity index (χ1v) is 7.83. The third kappa shape index (κ3) is 4.21. The highest BCUT2D eigenvalue weighted by Gasteiger charge is 2.15. The van der Waals surface area contributed by atoms with Crippen LogP contribution in [0.5, 0.6) is 0 Å². The van der Waals surface area contributed by atoms with Gasteiger partial charge in [-0.05, 0) is 20.3 Å². The molecule has 1 atom stereocenters. The zero-order valence-electron chi connectivity index (χ0n) is 11.6. The van der Waals surface area contributed by atoms with Gasteiger partial charge in [-0.25, -0.2) is 4.21 Å². The molecule has 104 valence electrons. The quantitative estimate of drug-likeness (QED) is 0.582. The minimum atomic E-state index is -1.93. The molecule has 1 rings (SSSR count). The Balaban J connectivity index is 2.44. The van der Waals surface area contributed by atoms with Gasteiger partial charge in [0.15, 0.2) is 11.1 Å². The molecule has 0 bridgehead atoms. The molecule has 1 heterocycles. The van der Waals surface area contributed by atoms with Gasteiger partial charge in [-0.3, -0.25) is 4.68 Å². The summed E-state index contributed by atoms with van der Waals surface area (Å²) in [6, 6.07) is 0. The zero-order chi connectivity index (χ0) is 13.5. The Bertz CT molecular complexity index is 402. The van der Waals surface area contributed by atoms with Crippen LogP contribution >= 0.6 is 0 Å². The molecule has 0 aliphatic heterocycles. The van der Waals surface area contributed by atoms with Crippen molar-refractivity contribution in [2.75, 3.05) is 0 Å². The fraction of sp³-hybridized carbons (Fsp3) is 0.769. The molecule has 0 radical (unpaired) electrons. The average Bonchev–Trinajstić information content (AvgIpc) is 2.59. The van der Waals surface area contributed by atoms with Crippen molar-refractivity contribution in [2.45, 2.75) is 70.7 Å². The molecule has 0 aliphatic rings. The molecule has 0 saturated carbocycles. The van der Waals surface area contributed by atoms with Crippen LogP contribution in [-0.2, 0) is 17.6 Å². The van der Waals surface area contributed by atoms with Gasteiger partial charge < -0.3 is 4.55 Å². The second kappa shape index (κ2) is 7.69. The molecule has 1 N–H and O–H groups in total. The summed E-state index contributed by atoms with van der Waals surface area (Å²) in [5, 5.41) is 4.33. The van der Waals surface area contributed by atoms with E-state index in [1.807, 2.05) is 11.6 Å². The zero-order valence-corrected chi connectivity index (χ0v) is 12.4. The molecule has 5 heteroatoms. The van der Waals surface area contributed by atoms with Crippen molar-refractivity contribution < 1.29 is 8.76 Å². The Hall–Kier alpha value is -0.680. The molecule has 0 saturated heterocycles. The standard InChI is InChI=1S/C13H24N2O2S/c1-4-5-6-7-8-9-10-15-12(3)13(18(16)17)11(2)14-15/h4-10H2,1-3H3,(H,16,17). The average molecular weight is 272 g/mol. The van der Waals surface area contributed by atoms with Crippen LogP contribution in [-0.4, -0.2) is 18.5 Å². The van der Waals surface area contributed by atoms with Crippen LogP contribution in [0.25, 0.3) is 0 Å². The maximum atomic E-state index is 11.2. The van der Waals surface area contributed by atoms with Gasteiger partial charge >= 0.3 is 0 Å². The van der Waals surface area contributed by atoms with E-state index in [4.69, 9.17) is 0 Å². The highest BCUT2D eigenvalue weighted by atomic mass is 32.2. The molecule has 0 fully saturated rings. The third-order valence-corrected chi connectivity index (χ3v) is 4.15. The van der Waals surface area contributed by atoms with Gasteiger partial charge in [-0.2, -0.15) is 5.10 Å².